The highest BCUT2D eigenvalue weighted by Crippen LogP contribution is 2.45. The summed E-state index contributed by atoms with van der Waals surface area (Å²) in [6.45, 7) is 4.60. The monoisotopic (exact) mass is 622 g/mol. The van der Waals surface area contributed by atoms with Gasteiger partial charge in [0.25, 0.3) is 0 Å². The fourth-order valence-corrected chi connectivity index (χ4v) is 5.93. The molecule has 0 saturated carbocycles. The number of hydrogen-bond acceptors (Lipinski definition) is 8. The van der Waals surface area contributed by atoms with E-state index < -0.39 is 35.8 Å². The SMILES string of the molecule is CCOC(=O)[C@@H]1CC2(CCN(c3cc(O[C@H](c4ccc(Cl)cc4-n4ccc(C)n4)C(F)(F)F)cnn3)CC2)CN1C(=O)O. The van der Waals surface area contributed by atoms with Crippen molar-refractivity contribution in [1.82, 2.24) is 24.9 Å². The quantitative estimate of drug-likeness (QED) is 0.354. The van der Waals surface area contributed by atoms with E-state index in [9.17, 15) is 27.9 Å². The number of carboxylic acid groups (broad SMARTS) is 1. The van der Waals surface area contributed by atoms with Crippen LogP contribution in [0.4, 0.5) is 23.8 Å². The molecule has 43 heavy (non-hydrogen) atoms. The number of aromatic nitrogens is 4. The topological polar surface area (TPSA) is 123 Å². The van der Waals surface area contributed by atoms with Gasteiger partial charge in [-0.25, -0.2) is 14.3 Å². The van der Waals surface area contributed by atoms with Gasteiger partial charge in [-0.3, -0.25) is 4.90 Å². The van der Waals surface area contributed by atoms with Crippen LogP contribution < -0.4 is 9.64 Å². The van der Waals surface area contributed by atoms with Crippen LogP contribution in [0.2, 0.25) is 5.02 Å². The molecule has 11 nitrogen and oxygen atoms in total. The lowest BCUT2D eigenvalue weighted by molar-refractivity contribution is -0.198. The van der Waals surface area contributed by atoms with Gasteiger partial charge in [0.15, 0.2) is 5.82 Å². The second-order valence-electron chi connectivity index (χ2n) is 10.8. The summed E-state index contributed by atoms with van der Waals surface area (Å²) in [5.41, 5.74) is 0.134. The van der Waals surface area contributed by atoms with Crippen LogP contribution in [0.3, 0.4) is 0 Å². The molecule has 2 atom stereocenters. The maximum absolute atomic E-state index is 14.4. The lowest BCUT2D eigenvalue weighted by Gasteiger charge is -2.39. The van der Waals surface area contributed by atoms with Crippen LogP contribution in [0, 0.1) is 12.3 Å². The number of piperidine rings is 1. The molecule has 2 fully saturated rings. The Hall–Kier alpha value is -4.07. The van der Waals surface area contributed by atoms with Crippen molar-refractivity contribution in [2.45, 2.75) is 51.4 Å². The summed E-state index contributed by atoms with van der Waals surface area (Å²) in [6.07, 6.45) is -4.24. The molecule has 1 spiro atoms. The summed E-state index contributed by atoms with van der Waals surface area (Å²) in [5.74, 6) is -0.376. The predicted octanol–water partition coefficient (Wildman–Crippen LogP) is 5.21. The van der Waals surface area contributed by atoms with Crippen molar-refractivity contribution in [2.75, 3.05) is 31.1 Å². The van der Waals surface area contributed by atoms with Crippen molar-refractivity contribution < 1.29 is 37.3 Å². The van der Waals surface area contributed by atoms with E-state index in [2.05, 4.69) is 15.3 Å². The molecule has 2 aliphatic heterocycles. The smallest absolute Gasteiger partial charge is 0.429 e. The number of amides is 1. The molecule has 0 unspecified atom stereocenters. The summed E-state index contributed by atoms with van der Waals surface area (Å²) in [6, 6.07) is 6.21. The molecule has 2 aliphatic rings. The van der Waals surface area contributed by atoms with Crippen molar-refractivity contribution in [3.8, 4) is 11.4 Å². The lowest BCUT2D eigenvalue weighted by atomic mass is 9.76. The van der Waals surface area contributed by atoms with E-state index in [1.165, 1.54) is 28.9 Å². The van der Waals surface area contributed by atoms with Crippen LogP contribution in [0.1, 0.15) is 43.5 Å². The van der Waals surface area contributed by atoms with Gasteiger partial charge in [-0.15, -0.1) is 5.10 Å². The van der Waals surface area contributed by atoms with Gasteiger partial charge in [-0.05, 0) is 56.7 Å². The number of halogens is 4. The van der Waals surface area contributed by atoms with E-state index in [4.69, 9.17) is 21.1 Å². The first-order valence-corrected chi connectivity index (χ1v) is 14.1. The molecule has 1 N–H and O–H groups in total. The lowest BCUT2D eigenvalue weighted by Crippen LogP contribution is -2.43. The Labute approximate surface area is 250 Å². The van der Waals surface area contributed by atoms with Gasteiger partial charge in [0.1, 0.15) is 11.8 Å². The van der Waals surface area contributed by atoms with Crippen LogP contribution in [0.15, 0.2) is 42.7 Å². The Balaban J connectivity index is 1.34. The minimum Gasteiger partial charge on any atom is -0.474 e. The molecule has 4 heterocycles. The first kappa shape index (κ1) is 30.4. The number of carbonyl (C=O) groups excluding carboxylic acids is 1. The molecule has 2 aromatic heterocycles. The maximum atomic E-state index is 14.4. The minimum absolute atomic E-state index is 0.125. The zero-order valence-electron chi connectivity index (χ0n) is 23.4. The van der Waals surface area contributed by atoms with Crippen molar-refractivity contribution in [2.24, 2.45) is 5.41 Å². The molecule has 0 bridgehead atoms. The second-order valence-corrected chi connectivity index (χ2v) is 11.2. The molecule has 5 rings (SSSR count). The number of aryl methyl sites for hydroxylation is 1. The van der Waals surface area contributed by atoms with Gasteiger partial charge in [0.05, 0.1) is 24.2 Å². The summed E-state index contributed by atoms with van der Waals surface area (Å²) < 4.78 is 55.2. The van der Waals surface area contributed by atoms with Gasteiger partial charge in [0, 0.05) is 42.5 Å². The van der Waals surface area contributed by atoms with Crippen LogP contribution in [-0.2, 0) is 9.53 Å². The molecule has 2 saturated heterocycles. The number of ether oxygens (including phenoxy) is 2. The maximum Gasteiger partial charge on any atom is 0.429 e. The van der Waals surface area contributed by atoms with E-state index >= 15 is 0 Å². The molecular formula is C28H30ClF3N6O5. The number of esters is 1. The van der Waals surface area contributed by atoms with E-state index in [0.717, 1.165) is 11.1 Å². The zero-order chi connectivity index (χ0) is 30.9. The number of alkyl halides is 3. The van der Waals surface area contributed by atoms with Gasteiger partial charge < -0.3 is 19.5 Å². The predicted molar refractivity (Wildman–Crippen MR) is 148 cm³/mol. The number of benzene rings is 1. The van der Waals surface area contributed by atoms with Crippen molar-refractivity contribution >= 4 is 29.5 Å². The third-order valence-corrected chi connectivity index (χ3v) is 8.11. The number of hydrogen-bond donors (Lipinski definition) is 1. The van der Waals surface area contributed by atoms with Gasteiger partial charge in [0.2, 0.25) is 6.10 Å². The number of nitrogens with zero attached hydrogens (tertiary/aromatic N) is 6. The molecule has 0 radical (unpaired) electrons. The molecule has 1 aromatic carbocycles. The standard InChI is InChI=1S/C28H30ClF3N6O5/c1-3-42-25(39)22-14-27(16-37(22)26(40)41)7-10-36(11-8-27)23-13-19(15-33-34-23)43-24(28(30,31)32)20-5-4-18(29)12-21(20)38-9-6-17(2)35-38/h4-6,9,12-13,15,22,24H,3,7-8,10-11,14,16H2,1-2H3,(H,40,41)/t22-,24+/m0/s1. The minimum atomic E-state index is -4.79. The Morgan fingerprint density at radius 3 is 2.58 bits per heavy atom. The first-order chi connectivity index (χ1) is 20.4. The molecule has 230 valence electrons. The average Bonchev–Trinajstić information content (AvgIpc) is 3.56. The molecule has 15 heteroatoms. The van der Waals surface area contributed by atoms with Crippen LogP contribution >= 0.6 is 11.6 Å². The van der Waals surface area contributed by atoms with Crippen molar-refractivity contribution in [1.29, 1.82) is 0 Å². The highest BCUT2D eigenvalue weighted by Gasteiger charge is 2.51. The largest absolute Gasteiger partial charge is 0.474 e. The van der Waals surface area contributed by atoms with Crippen LogP contribution in [-0.4, -0.2) is 80.5 Å². The Morgan fingerprint density at radius 2 is 1.95 bits per heavy atom. The fourth-order valence-electron chi connectivity index (χ4n) is 5.76. The third kappa shape index (κ3) is 6.48. The van der Waals surface area contributed by atoms with Crippen molar-refractivity contribution in [3.05, 3.63) is 59.0 Å². The van der Waals surface area contributed by atoms with E-state index in [1.54, 1.807) is 26.1 Å². The average molecular weight is 623 g/mol. The first-order valence-electron chi connectivity index (χ1n) is 13.7. The third-order valence-electron chi connectivity index (χ3n) is 7.87. The Bertz CT molecular complexity index is 1490. The van der Waals surface area contributed by atoms with Crippen LogP contribution in [0.25, 0.3) is 5.69 Å². The summed E-state index contributed by atoms with van der Waals surface area (Å²) in [5, 5.41) is 22.2. The Kier molecular flexibility index (Phi) is 8.41. The van der Waals surface area contributed by atoms with E-state index in [-0.39, 0.29) is 35.2 Å². The second kappa shape index (κ2) is 11.9. The number of rotatable bonds is 7. The van der Waals surface area contributed by atoms with E-state index in [1.807, 2.05) is 4.90 Å². The summed E-state index contributed by atoms with van der Waals surface area (Å²) in [7, 11) is 0. The van der Waals surface area contributed by atoms with Gasteiger partial charge in [-0.1, -0.05) is 17.7 Å². The zero-order valence-corrected chi connectivity index (χ0v) is 24.2. The molecule has 1 amide bonds. The van der Waals surface area contributed by atoms with Gasteiger partial charge in [-0.2, -0.15) is 23.4 Å². The van der Waals surface area contributed by atoms with Gasteiger partial charge >= 0.3 is 18.2 Å². The summed E-state index contributed by atoms with van der Waals surface area (Å²) in [4.78, 5) is 27.3. The highest BCUT2D eigenvalue weighted by atomic mass is 35.5. The van der Waals surface area contributed by atoms with Crippen molar-refractivity contribution in [3.63, 3.8) is 0 Å². The summed E-state index contributed by atoms with van der Waals surface area (Å²) >= 11 is 6.12. The molecular weight excluding hydrogens is 593 g/mol. The number of carbonyl (C=O) groups is 2. The highest BCUT2D eigenvalue weighted by molar-refractivity contribution is 6.30. The normalized spacial score (nSPS) is 19.0. The fraction of sp³-hybridized carbons (Fsp3) is 0.464. The molecule has 0 aliphatic carbocycles. The Morgan fingerprint density at radius 1 is 1.21 bits per heavy atom. The van der Waals surface area contributed by atoms with Crippen LogP contribution in [0.5, 0.6) is 5.75 Å². The molecule has 3 aromatic rings. The number of anilines is 1. The number of likely N-dealkylation sites (tertiary alicyclic amines) is 1. The van der Waals surface area contributed by atoms with E-state index in [0.29, 0.717) is 43.9 Å².